The Bertz CT molecular complexity index is 630. The van der Waals surface area contributed by atoms with Crippen LogP contribution in [0.1, 0.15) is 5.56 Å². The average Bonchev–Trinajstić information content (AvgIpc) is 2.88. The second kappa shape index (κ2) is 5.09. The maximum absolute atomic E-state index is 11.9. The Morgan fingerprint density at radius 1 is 1.56 bits per heavy atom. The van der Waals surface area contributed by atoms with Crippen LogP contribution in [0.25, 0.3) is 0 Å². The molecule has 0 aliphatic rings. The maximum Gasteiger partial charge on any atom is 0.250 e. The summed E-state index contributed by atoms with van der Waals surface area (Å²) in [4.78, 5) is 0. The monoisotopic (exact) mass is 286 g/mol. The average molecular weight is 286 g/mol. The smallest absolute Gasteiger partial charge is 0.250 e. The van der Waals surface area contributed by atoms with Crippen molar-refractivity contribution >= 4 is 27.0 Å². The Hall–Kier alpha value is -1.38. The number of sulfonamides is 1. The molecule has 0 atom stereocenters. The summed E-state index contributed by atoms with van der Waals surface area (Å²) in [6, 6.07) is 1.46. The molecule has 2 aromatic heterocycles. The number of nitrogen functional groups attached to an aromatic ring is 1. The number of nitrogens with two attached hydrogens (primary N) is 1. The minimum atomic E-state index is -3.44. The van der Waals surface area contributed by atoms with Gasteiger partial charge in [0.25, 0.3) is 0 Å². The minimum Gasteiger partial charge on any atom is -0.398 e. The fourth-order valence-corrected chi connectivity index (χ4v) is 3.63. The number of rotatable bonds is 5. The lowest BCUT2D eigenvalue weighted by Gasteiger charge is -2.03. The topological polar surface area (TPSA) is 90.0 Å². The summed E-state index contributed by atoms with van der Waals surface area (Å²) in [6.07, 6.45) is 4.18. The molecule has 2 aromatic rings. The summed E-state index contributed by atoms with van der Waals surface area (Å²) in [6.45, 7) is 0.339. The summed E-state index contributed by atoms with van der Waals surface area (Å²) < 4.78 is 28.2. The minimum absolute atomic E-state index is 0.242. The number of aryl methyl sites for hydroxylation is 1. The second-order valence-corrected chi connectivity index (χ2v) is 6.77. The number of nitrogens with one attached hydrogen (secondary N) is 1. The van der Waals surface area contributed by atoms with Gasteiger partial charge in [-0.15, -0.1) is 11.3 Å². The van der Waals surface area contributed by atoms with Gasteiger partial charge in [0, 0.05) is 30.9 Å². The number of thiophene rings is 1. The zero-order valence-electron chi connectivity index (χ0n) is 9.83. The highest BCUT2D eigenvalue weighted by molar-refractivity contribution is 7.91. The van der Waals surface area contributed by atoms with Crippen molar-refractivity contribution in [3.8, 4) is 0 Å². The van der Waals surface area contributed by atoms with E-state index in [9.17, 15) is 8.42 Å². The molecule has 0 spiro atoms. The number of hydrogen-bond acceptors (Lipinski definition) is 5. The highest BCUT2D eigenvalue weighted by Crippen LogP contribution is 2.21. The number of aromatic nitrogens is 2. The zero-order valence-corrected chi connectivity index (χ0v) is 11.5. The van der Waals surface area contributed by atoms with Gasteiger partial charge in [0.1, 0.15) is 4.21 Å². The van der Waals surface area contributed by atoms with Gasteiger partial charge in [-0.3, -0.25) is 4.68 Å². The first-order chi connectivity index (χ1) is 8.47. The van der Waals surface area contributed by atoms with E-state index in [0.29, 0.717) is 18.7 Å². The van der Waals surface area contributed by atoms with Crippen LogP contribution in [0, 0.1) is 0 Å². The standard InChI is InChI=1S/C10H14N4O2S2/c1-14-6-8(5-12-14)2-3-13-18(15,16)10-4-9(11)7-17-10/h4-7,13H,2-3,11H2,1H3. The van der Waals surface area contributed by atoms with Crippen LogP contribution in [0.15, 0.2) is 28.0 Å². The molecule has 0 unspecified atom stereocenters. The van der Waals surface area contributed by atoms with Gasteiger partial charge in [0.2, 0.25) is 10.0 Å². The molecule has 0 bridgehead atoms. The van der Waals surface area contributed by atoms with Crippen molar-refractivity contribution in [2.75, 3.05) is 12.3 Å². The first kappa shape index (κ1) is 13.1. The van der Waals surface area contributed by atoms with Crippen molar-refractivity contribution in [2.24, 2.45) is 7.05 Å². The lowest BCUT2D eigenvalue weighted by molar-refractivity contribution is 0.584. The van der Waals surface area contributed by atoms with Crippen LogP contribution in [0.4, 0.5) is 5.69 Å². The Labute approximate surface area is 109 Å². The molecule has 0 aliphatic heterocycles. The van der Waals surface area contributed by atoms with Crippen molar-refractivity contribution in [2.45, 2.75) is 10.6 Å². The van der Waals surface area contributed by atoms with E-state index in [0.717, 1.165) is 16.9 Å². The first-order valence-electron chi connectivity index (χ1n) is 5.28. The van der Waals surface area contributed by atoms with Crippen LogP contribution in [0.5, 0.6) is 0 Å². The summed E-state index contributed by atoms with van der Waals surface area (Å²) in [5.41, 5.74) is 6.96. The fraction of sp³-hybridized carbons (Fsp3) is 0.300. The van der Waals surface area contributed by atoms with Gasteiger partial charge < -0.3 is 5.73 Å². The molecule has 8 heteroatoms. The summed E-state index contributed by atoms with van der Waals surface area (Å²) >= 11 is 1.11. The van der Waals surface area contributed by atoms with Crippen LogP contribution >= 0.6 is 11.3 Å². The van der Waals surface area contributed by atoms with Crippen LogP contribution in [-0.4, -0.2) is 24.7 Å². The van der Waals surface area contributed by atoms with Gasteiger partial charge in [-0.2, -0.15) is 5.10 Å². The van der Waals surface area contributed by atoms with E-state index >= 15 is 0 Å². The molecule has 3 N–H and O–H groups in total. The predicted octanol–water partition coefficient (Wildman–Crippen LogP) is 0.585. The Balaban J connectivity index is 1.93. The molecule has 0 amide bonds. The Kier molecular flexibility index (Phi) is 3.69. The molecule has 2 heterocycles. The fourth-order valence-electron chi connectivity index (χ4n) is 1.47. The molecule has 2 rings (SSSR count). The summed E-state index contributed by atoms with van der Waals surface area (Å²) in [5.74, 6) is 0. The number of nitrogens with zero attached hydrogens (tertiary/aromatic N) is 2. The van der Waals surface area contributed by atoms with E-state index < -0.39 is 10.0 Å². The van der Waals surface area contributed by atoms with E-state index in [2.05, 4.69) is 9.82 Å². The van der Waals surface area contributed by atoms with Crippen LogP contribution in [-0.2, 0) is 23.5 Å². The van der Waals surface area contributed by atoms with Gasteiger partial charge >= 0.3 is 0 Å². The normalized spacial score (nSPS) is 11.8. The van der Waals surface area contributed by atoms with Crippen molar-refractivity contribution in [3.05, 3.63) is 29.4 Å². The molecule has 0 saturated carbocycles. The number of anilines is 1. The Morgan fingerprint density at radius 2 is 2.33 bits per heavy atom. The third-order valence-electron chi connectivity index (χ3n) is 2.32. The largest absolute Gasteiger partial charge is 0.398 e. The summed E-state index contributed by atoms with van der Waals surface area (Å²) in [7, 11) is -1.62. The molecule has 0 fully saturated rings. The van der Waals surface area contributed by atoms with E-state index in [1.165, 1.54) is 6.07 Å². The third kappa shape index (κ3) is 3.09. The van der Waals surface area contributed by atoms with E-state index in [1.807, 2.05) is 13.2 Å². The van der Waals surface area contributed by atoms with E-state index in [-0.39, 0.29) is 4.21 Å². The molecular formula is C10H14N4O2S2. The molecule has 98 valence electrons. The number of hydrogen-bond donors (Lipinski definition) is 2. The second-order valence-electron chi connectivity index (χ2n) is 3.87. The molecule has 0 aliphatic carbocycles. The molecule has 18 heavy (non-hydrogen) atoms. The van der Waals surface area contributed by atoms with Gasteiger partial charge in [-0.25, -0.2) is 13.1 Å². The van der Waals surface area contributed by atoms with Gasteiger partial charge in [0.15, 0.2) is 0 Å². The van der Waals surface area contributed by atoms with Crippen molar-refractivity contribution in [1.29, 1.82) is 0 Å². The third-order valence-corrected chi connectivity index (χ3v) is 5.24. The lowest BCUT2D eigenvalue weighted by atomic mass is 10.3. The highest BCUT2D eigenvalue weighted by atomic mass is 32.2. The highest BCUT2D eigenvalue weighted by Gasteiger charge is 2.15. The van der Waals surface area contributed by atoms with Crippen LogP contribution in [0.3, 0.4) is 0 Å². The quantitative estimate of drug-likeness (QED) is 0.841. The molecular weight excluding hydrogens is 272 g/mol. The zero-order chi connectivity index (χ0) is 13.2. The maximum atomic E-state index is 11.9. The molecule has 0 radical (unpaired) electrons. The first-order valence-corrected chi connectivity index (χ1v) is 7.65. The van der Waals surface area contributed by atoms with Gasteiger partial charge in [-0.1, -0.05) is 0 Å². The Morgan fingerprint density at radius 3 is 2.89 bits per heavy atom. The van der Waals surface area contributed by atoms with Gasteiger partial charge in [0.05, 0.1) is 6.20 Å². The van der Waals surface area contributed by atoms with E-state index in [4.69, 9.17) is 5.73 Å². The van der Waals surface area contributed by atoms with Crippen LogP contribution in [0.2, 0.25) is 0 Å². The van der Waals surface area contributed by atoms with Crippen LogP contribution < -0.4 is 10.5 Å². The molecule has 0 aromatic carbocycles. The lowest BCUT2D eigenvalue weighted by Crippen LogP contribution is -2.25. The SMILES string of the molecule is Cn1cc(CCNS(=O)(=O)c2cc(N)cs2)cn1. The summed E-state index contributed by atoms with van der Waals surface area (Å²) in [5, 5.41) is 5.63. The predicted molar refractivity (Wildman–Crippen MR) is 70.8 cm³/mol. The molecule has 6 nitrogen and oxygen atoms in total. The van der Waals surface area contributed by atoms with Crippen molar-refractivity contribution in [1.82, 2.24) is 14.5 Å². The van der Waals surface area contributed by atoms with Crippen molar-refractivity contribution < 1.29 is 8.42 Å². The van der Waals surface area contributed by atoms with Gasteiger partial charge in [-0.05, 0) is 18.1 Å². The van der Waals surface area contributed by atoms with E-state index in [1.54, 1.807) is 16.3 Å². The molecule has 0 saturated heterocycles. The van der Waals surface area contributed by atoms with Crippen molar-refractivity contribution in [3.63, 3.8) is 0 Å².